The van der Waals surface area contributed by atoms with Crippen LogP contribution in [0.15, 0.2) is 77.0 Å². The normalized spacial score (nSPS) is 18.7. The molecule has 1 unspecified atom stereocenters. The predicted molar refractivity (Wildman–Crippen MR) is 160 cm³/mol. The summed E-state index contributed by atoms with van der Waals surface area (Å²) in [4.78, 5) is 4.71. The Labute approximate surface area is 223 Å². The summed E-state index contributed by atoms with van der Waals surface area (Å²) in [6.45, 7) is 14.7. The lowest BCUT2D eigenvalue weighted by Gasteiger charge is -2.28. The molecule has 3 heterocycles. The summed E-state index contributed by atoms with van der Waals surface area (Å²) in [5, 5.41) is 5.31. The van der Waals surface area contributed by atoms with Crippen molar-refractivity contribution in [1.82, 2.24) is 0 Å². The highest BCUT2D eigenvalue weighted by molar-refractivity contribution is 8.19. The number of aryl methyl sites for hydroxylation is 1. The fourth-order valence-electron chi connectivity index (χ4n) is 5.19. The van der Waals surface area contributed by atoms with Crippen LogP contribution in [0.25, 0.3) is 5.57 Å². The fourth-order valence-corrected chi connectivity index (χ4v) is 11.8. The smallest absolute Gasteiger partial charge is 0.240 e. The van der Waals surface area contributed by atoms with E-state index in [1.54, 1.807) is 23.1 Å². The number of thiophene rings is 1. The molecule has 186 valence electrons. The molecule has 2 aliphatic heterocycles. The molecule has 3 aromatic rings. The topological polar surface area (TPSA) is 23.3 Å². The van der Waals surface area contributed by atoms with Gasteiger partial charge in [0.1, 0.15) is 13.1 Å². The van der Waals surface area contributed by atoms with Crippen LogP contribution < -0.4 is 15.5 Å². The number of benzene rings is 2. The summed E-state index contributed by atoms with van der Waals surface area (Å²) in [6.07, 6.45) is 2.23. The van der Waals surface area contributed by atoms with Crippen molar-refractivity contribution in [2.24, 2.45) is 0 Å². The molecular formula is C30H34N2OPS2+. The molecule has 0 radical (unpaired) electrons. The van der Waals surface area contributed by atoms with Crippen molar-refractivity contribution in [2.45, 2.75) is 34.6 Å². The van der Waals surface area contributed by atoms with E-state index in [0.717, 1.165) is 42.1 Å². The Bertz CT molecular complexity index is 1440. The van der Waals surface area contributed by atoms with Gasteiger partial charge in [0.15, 0.2) is 7.14 Å². The van der Waals surface area contributed by atoms with Gasteiger partial charge in [-0.15, -0.1) is 11.3 Å². The zero-order chi connectivity index (χ0) is 25.4. The third-order valence-corrected chi connectivity index (χ3v) is 13.0. The van der Waals surface area contributed by atoms with Gasteiger partial charge in [-0.05, 0) is 63.6 Å². The molecule has 0 amide bonds. The van der Waals surface area contributed by atoms with E-state index in [4.69, 9.17) is 0 Å². The summed E-state index contributed by atoms with van der Waals surface area (Å²) in [6, 6.07) is 21.0. The van der Waals surface area contributed by atoms with Crippen LogP contribution in [0.2, 0.25) is 0 Å². The van der Waals surface area contributed by atoms with Crippen LogP contribution in [0.4, 0.5) is 5.00 Å². The molecule has 0 saturated heterocycles. The third-order valence-electron chi connectivity index (χ3n) is 7.22. The summed E-state index contributed by atoms with van der Waals surface area (Å²) in [5.74, 6) is 0. The van der Waals surface area contributed by atoms with Crippen molar-refractivity contribution in [1.29, 1.82) is 0 Å². The number of hydrogen-bond donors (Lipinski definition) is 0. The number of rotatable bonds is 7. The molecule has 36 heavy (non-hydrogen) atoms. The van der Waals surface area contributed by atoms with E-state index in [0.29, 0.717) is 0 Å². The molecule has 2 aromatic carbocycles. The molecule has 3 nitrogen and oxygen atoms in total. The average molecular weight is 534 g/mol. The van der Waals surface area contributed by atoms with Gasteiger partial charge < -0.3 is 9.46 Å². The van der Waals surface area contributed by atoms with Crippen molar-refractivity contribution in [3.63, 3.8) is 0 Å². The van der Waals surface area contributed by atoms with Gasteiger partial charge in [-0.1, -0.05) is 54.6 Å². The predicted octanol–water partition coefficient (Wildman–Crippen LogP) is 7.07. The van der Waals surface area contributed by atoms with Crippen molar-refractivity contribution in [3.8, 4) is 0 Å². The maximum absolute atomic E-state index is 15.5. The van der Waals surface area contributed by atoms with Crippen LogP contribution in [0.5, 0.6) is 0 Å². The second-order valence-corrected chi connectivity index (χ2v) is 13.8. The molecule has 0 N–H and O–H groups in total. The van der Waals surface area contributed by atoms with E-state index >= 15 is 4.57 Å². The molecule has 0 fully saturated rings. The van der Waals surface area contributed by atoms with Crippen LogP contribution in [-0.2, 0) is 4.57 Å². The van der Waals surface area contributed by atoms with Crippen molar-refractivity contribution < 1.29 is 9.14 Å². The number of allylic oxidation sites excluding steroid dienone is 1. The highest BCUT2D eigenvalue weighted by Gasteiger charge is 2.47. The first-order valence-corrected chi connectivity index (χ1v) is 16.2. The maximum Gasteiger partial charge on any atom is 0.240 e. The first-order valence-electron chi connectivity index (χ1n) is 12.9. The average Bonchev–Trinajstić information content (AvgIpc) is 3.54. The molecule has 2 aliphatic rings. The Morgan fingerprint density at radius 3 is 2.22 bits per heavy atom. The number of anilines is 1. The molecular weight excluding hydrogens is 499 g/mol. The van der Waals surface area contributed by atoms with Crippen LogP contribution in [0.1, 0.15) is 43.7 Å². The van der Waals surface area contributed by atoms with E-state index in [-0.39, 0.29) is 0 Å². The van der Waals surface area contributed by atoms with Gasteiger partial charge >= 0.3 is 0 Å². The first kappa shape index (κ1) is 25.3. The van der Waals surface area contributed by atoms with Crippen LogP contribution in [0.3, 0.4) is 0 Å². The molecule has 0 spiro atoms. The van der Waals surface area contributed by atoms with Crippen molar-refractivity contribution >= 4 is 56.5 Å². The fraction of sp³-hybridized carbons (Fsp3) is 0.300. The number of hydrogen-bond acceptors (Lipinski definition) is 4. The maximum atomic E-state index is 15.5. The van der Waals surface area contributed by atoms with E-state index in [2.05, 4.69) is 92.6 Å². The first-order chi connectivity index (χ1) is 17.5. The number of thioether (sulfide) groups is 1. The second-order valence-electron chi connectivity index (χ2n) is 9.08. The lowest BCUT2D eigenvalue weighted by Crippen LogP contribution is -2.23. The minimum absolute atomic E-state index is 0.920. The molecule has 0 aliphatic carbocycles. The van der Waals surface area contributed by atoms with Gasteiger partial charge in [-0.2, -0.15) is 0 Å². The van der Waals surface area contributed by atoms with E-state index in [1.807, 2.05) is 18.2 Å². The van der Waals surface area contributed by atoms with Gasteiger partial charge in [0.2, 0.25) is 5.04 Å². The Kier molecular flexibility index (Phi) is 7.18. The monoisotopic (exact) mass is 533 g/mol. The molecule has 5 rings (SSSR count). The summed E-state index contributed by atoms with van der Waals surface area (Å²) in [5.41, 5.74) is 3.73. The Hall–Kier alpha value is -2.33. The van der Waals surface area contributed by atoms with Crippen molar-refractivity contribution in [2.75, 3.05) is 31.1 Å². The molecule has 6 heteroatoms. The lowest BCUT2D eigenvalue weighted by molar-refractivity contribution is -0.517. The zero-order valence-corrected chi connectivity index (χ0v) is 24.3. The highest BCUT2D eigenvalue weighted by Crippen LogP contribution is 2.66. The summed E-state index contributed by atoms with van der Waals surface area (Å²) < 4.78 is 17.9. The Morgan fingerprint density at radius 1 is 0.917 bits per heavy atom. The van der Waals surface area contributed by atoms with Gasteiger partial charge in [-0.3, -0.25) is 0 Å². The SMILES string of the molecule is CCN(CC)c1cc2c(s1)C(c1ccccc1C)=C1SC(=[N+](CC)CC)C=C1P2(=O)c1ccccc1. The van der Waals surface area contributed by atoms with Crippen molar-refractivity contribution in [3.05, 3.63) is 93.0 Å². The lowest BCUT2D eigenvalue weighted by atomic mass is 9.98. The van der Waals surface area contributed by atoms with Gasteiger partial charge in [0.25, 0.3) is 0 Å². The molecule has 1 aromatic heterocycles. The van der Waals surface area contributed by atoms with Gasteiger partial charge in [-0.25, -0.2) is 4.58 Å². The molecule has 0 bridgehead atoms. The Morgan fingerprint density at radius 2 is 1.58 bits per heavy atom. The minimum Gasteiger partial charge on any atom is -0.364 e. The Balaban J connectivity index is 1.90. The number of nitrogens with zero attached hydrogens (tertiary/aromatic N) is 2. The summed E-state index contributed by atoms with van der Waals surface area (Å²) in [7, 11) is -3.05. The van der Waals surface area contributed by atoms with E-state index in [1.165, 1.54) is 36.5 Å². The van der Waals surface area contributed by atoms with E-state index in [9.17, 15) is 0 Å². The number of fused-ring (bicyclic) bond motifs is 2. The molecule has 1 atom stereocenters. The quantitative estimate of drug-likeness (QED) is 0.240. The largest absolute Gasteiger partial charge is 0.364 e. The van der Waals surface area contributed by atoms with Gasteiger partial charge in [0.05, 0.1) is 5.00 Å². The van der Waals surface area contributed by atoms with Crippen LogP contribution in [-0.4, -0.2) is 35.8 Å². The van der Waals surface area contributed by atoms with Crippen LogP contribution >= 0.6 is 30.2 Å². The van der Waals surface area contributed by atoms with Gasteiger partial charge in [0, 0.05) is 50.4 Å². The highest BCUT2D eigenvalue weighted by atomic mass is 32.2. The standard InChI is InChI=1S/C30H34N2OPS2/c1-6-31(7-2)26-19-24-29(35-26)28(23-18-14-13-15-21(23)5)30-25(20-27(36-30)32(8-3)9-4)34(24,33)22-16-11-10-12-17-22/h10-20H,6-9H2,1-5H3/q+1. The minimum atomic E-state index is -3.05. The van der Waals surface area contributed by atoms with E-state index < -0.39 is 7.14 Å². The summed E-state index contributed by atoms with van der Waals surface area (Å²) >= 11 is 3.61. The molecule has 0 saturated carbocycles. The second kappa shape index (κ2) is 10.2. The van der Waals surface area contributed by atoms with Crippen LogP contribution in [0, 0.1) is 6.92 Å². The third kappa shape index (κ3) is 3.97. The zero-order valence-electron chi connectivity index (χ0n) is 21.7.